The number of rotatable bonds is 4. The Hall–Kier alpha value is -5.24. The number of hydrogen-bond donors (Lipinski definition) is 2. The van der Waals surface area contributed by atoms with E-state index in [1.165, 1.54) is 23.0 Å². The second-order valence-corrected chi connectivity index (χ2v) is 8.16. The zero-order valence-corrected chi connectivity index (χ0v) is 19.8. The summed E-state index contributed by atoms with van der Waals surface area (Å²) in [6.45, 7) is 1.67. The third-order valence-corrected chi connectivity index (χ3v) is 5.62. The zero-order valence-electron chi connectivity index (χ0n) is 19.8. The van der Waals surface area contributed by atoms with Gasteiger partial charge in [0.2, 0.25) is 0 Å². The summed E-state index contributed by atoms with van der Waals surface area (Å²) in [5, 5.41) is 2.63. The molecule has 0 spiro atoms. The lowest BCUT2D eigenvalue weighted by Gasteiger charge is -2.21. The predicted octanol–water partition coefficient (Wildman–Crippen LogP) is 4.14. The Bertz CT molecular complexity index is 1780. The number of para-hydroxylation sites is 1. The second kappa shape index (κ2) is 10.0. The average Bonchev–Trinajstić information content (AvgIpc) is 2.91. The van der Waals surface area contributed by atoms with Gasteiger partial charge >= 0.3 is 0 Å². The standard InChI is InChI=1S/C27H18F3N7O/c1-15(35-25-19(24(31)33-14-34-25)10-9-17-8-7-16(28)13-32-17)26-36-23-21(30)12-11-20(29)22(23)27(38)37(26)18-5-3-2-4-6-18/h2-8,11-15H,1H3,(H3,31,33,34,35). The van der Waals surface area contributed by atoms with E-state index in [0.29, 0.717) is 11.4 Å². The van der Waals surface area contributed by atoms with Crippen molar-refractivity contribution in [3.63, 3.8) is 0 Å². The lowest BCUT2D eigenvalue weighted by atomic mass is 10.1. The highest BCUT2D eigenvalue weighted by Crippen LogP contribution is 2.25. The lowest BCUT2D eigenvalue weighted by molar-refractivity contribution is 0.609. The number of nitrogens with zero attached hydrogens (tertiary/aromatic N) is 5. The minimum atomic E-state index is -0.883. The molecule has 0 saturated heterocycles. The molecule has 5 rings (SSSR count). The molecule has 0 saturated carbocycles. The molecule has 3 heterocycles. The summed E-state index contributed by atoms with van der Waals surface area (Å²) in [5.74, 6) is 3.74. The lowest BCUT2D eigenvalue weighted by Crippen LogP contribution is -2.28. The minimum absolute atomic E-state index is 0.0596. The van der Waals surface area contributed by atoms with E-state index in [-0.39, 0.29) is 23.0 Å². The van der Waals surface area contributed by atoms with Crippen molar-refractivity contribution in [3.05, 3.63) is 112 Å². The Morgan fingerprint density at radius 3 is 2.45 bits per heavy atom. The van der Waals surface area contributed by atoms with Gasteiger partial charge in [-0.25, -0.2) is 33.1 Å². The summed E-state index contributed by atoms with van der Waals surface area (Å²) in [5.41, 5.74) is 5.80. The Morgan fingerprint density at radius 1 is 0.947 bits per heavy atom. The predicted molar refractivity (Wildman–Crippen MR) is 136 cm³/mol. The molecule has 0 fully saturated rings. The van der Waals surface area contributed by atoms with Crippen LogP contribution in [0.15, 0.2) is 71.9 Å². The molecule has 0 aliphatic carbocycles. The van der Waals surface area contributed by atoms with E-state index < -0.39 is 40.0 Å². The van der Waals surface area contributed by atoms with E-state index >= 15 is 0 Å². The quantitative estimate of drug-likeness (QED) is 0.348. The zero-order chi connectivity index (χ0) is 26.8. The van der Waals surface area contributed by atoms with Crippen molar-refractivity contribution in [2.75, 3.05) is 11.1 Å². The molecule has 188 valence electrons. The number of fused-ring (bicyclic) bond motifs is 1. The molecule has 8 nitrogen and oxygen atoms in total. The first-order valence-electron chi connectivity index (χ1n) is 11.3. The van der Waals surface area contributed by atoms with Gasteiger partial charge in [0.15, 0.2) is 0 Å². The van der Waals surface area contributed by atoms with E-state index in [1.807, 2.05) is 0 Å². The first-order chi connectivity index (χ1) is 18.3. The molecule has 2 aromatic carbocycles. The van der Waals surface area contributed by atoms with Gasteiger partial charge < -0.3 is 11.1 Å². The van der Waals surface area contributed by atoms with Gasteiger partial charge in [-0.15, -0.1) is 0 Å². The maximum absolute atomic E-state index is 14.7. The molecule has 0 bridgehead atoms. The van der Waals surface area contributed by atoms with Gasteiger partial charge in [-0.3, -0.25) is 9.36 Å². The van der Waals surface area contributed by atoms with E-state index in [1.54, 1.807) is 37.3 Å². The van der Waals surface area contributed by atoms with Crippen molar-refractivity contribution < 1.29 is 13.2 Å². The molecular formula is C27H18F3N7O. The molecule has 0 amide bonds. The summed E-state index contributed by atoms with van der Waals surface area (Å²) in [6, 6.07) is 12.1. The van der Waals surface area contributed by atoms with Crippen LogP contribution in [0.3, 0.4) is 0 Å². The fourth-order valence-corrected chi connectivity index (χ4v) is 3.83. The van der Waals surface area contributed by atoms with Crippen molar-refractivity contribution in [1.82, 2.24) is 24.5 Å². The number of aromatic nitrogens is 5. The highest BCUT2D eigenvalue weighted by molar-refractivity contribution is 5.79. The van der Waals surface area contributed by atoms with Gasteiger partial charge in [-0.05, 0) is 49.2 Å². The third-order valence-electron chi connectivity index (χ3n) is 5.62. The molecule has 0 aliphatic heterocycles. The van der Waals surface area contributed by atoms with Gasteiger partial charge in [-0.1, -0.05) is 24.1 Å². The number of anilines is 2. The van der Waals surface area contributed by atoms with Gasteiger partial charge in [0.25, 0.3) is 5.56 Å². The van der Waals surface area contributed by atoms with E-state index in [2.05, 4.69) is 37.1 Å². The van der Waals surface area contributed by atoms with Crippen LogP contribution < -0.4 is 16.6 Å². The summed E-state index contributed by atoms with van der Waals surface area (Å²) in [4.78, 5) is 29.9. The summed E-state index contributed by atoms with van der Waals surface area (Å²) in [7, 11) is 0. The van der Waals surface area contributed by atoms with Crippen LogP contribution in [0, 0.1) is 29.3 Å². The largest absolute Gasteiger partial charge is 0.382 e. The second-order valence-electron chi connectivity index (χ2n) is 8.16. The van der Waals surface area contributed by atoms with Crippen LogP contribution in [0.5, 0.6) is 0 Å². The van der Waals surface area contributed by atoms with Crippen LogP contribution >= 0.6 is 0 Å². The molecule has 3 N–H and O–H groups in total. The molecule has 1 atom stereocenters. The summed E-state index contributed by atoms with van der Waals surface area (Å²) >= 11 is 0. The van der Waals surface area contributed by atoms with Gasteiger partial charge in [-0.2, -0.15) is 0 Å². The highest BCUT2D eigenvalue weighted by atomic mass is 19.1. The van der Waals surface area contributed by atoms with E-state index in [9.17, 15) is 18.0 Å². The maximum Gasteiger partial charge on any atom is 0.269 e. The number of nitrogens with one attached hydrogen (secondary N) is 1. The molecule has 5 aromatic rings. The summed E-state index contributed by atoms with van der Waals surface area (Å²) < 4.78 is 43.7. The van der Waals surface area contributed by atoms with Crippen LogP contribution in [-0.4, -0.2) is 24.5 Å². The van der Waals surface area contributed by atoms with Gasteiger partial charge in [0, 0.05) is 0 Å². The third kappa shape index (κ3) is 4.62. The van der Waals surface area contributed by atoms with Crippen LogP contribution in [-0.2, 0) is 0 Å². The van der Waals surface area contributed by atoms with Crippen LogP contribution in [0.1, 0.15) is 30.0 Å². The first-order valence-corrected chi connectivity index (χ1v) is 11.3. The maximum atomic E-state index is 14.7. The smallest absolute Gasteiger partial charge is 0.269 e. The van der Waals surface area contributed by atoms with E-state index in [4.69, 9.17) is 5.73 Å². The SMILES string of the molecule is CC(Nc1ncnc(N)c1C#Cc1ccc(F)cn1)c1nc2c(F)ccc(F)c2c(=O)n1-c1ccccc1. The van der Waals surface area contributed by atoms with Crippen molar-refractivity contribution >= 4 is 22.5 Å². The minimum Gasteiger partial charge on any atom is -0.382 e. The van der Waals surface area contributed by atoms with Crippen LogP contribution in [0.2, 0.25) is 0 Å². The molecule has 0 aliphatic rings. The molecule has 0 radical (unpaired) electrons. The highest BCUT2D eigenvalue weighted by Gasteiger charge is 2.23. The van der Waals surface area contributed by atoms with E-state index in [0.717, 1.165) is 18.3 Å². The Kier molecular flexibility index (Phi) is 6.45. The fourth-order valence-electron chi connectivity index (χ4n) is 3.83. The van der Waals surface area contributed by atoms with Gasteiger partial charge in [0.1, 0.15) is 63.4 Å². The van der Waals surface area contributed by atoms with Crippen molar-refractivity contribution in [1.29, 1.82) is 0 Å². The Balaban J connectivity index is 1.63. The number of nitrogens with two attached hydrogens (primary N) is 1. The number of benzene rings is 2. The monoisotopic (exact) mass is 513 g/mol. The molecule has 11 heteroatoms. The number of pyridine rings is 1. The number of hydrogen-bond acceptors (Lipinski definition) is 7. The molecule has 1 unspecified atom stereocenters. The van der Waals surface area contributed by atoms with Crippen molar-refractivity contribution in [3.8, 4) is 17.5 Å². The number of halogens is 3. The van der Waals surface area contributed by atoms with Crippen LogP contribution in [0.4, 0.5) is 24.8 Å². The van der Waals surface area contributed by atoms with Gasteiger partial charge in [0.05, 0.1) is 17.9 Å². The Labute approximate surface area is 214 Å². The summed E-state index contributed by atoms with van der Waals surface area (Å²) in [6.07, 6.45) is 2.26. The normalized spacial score (nSPS) is 11.6. The van der Waals surface area contributed by atoms with Crippen molar-refractivity contribution in [2.24, 2.45) is 0 Å². The molecular weight excluding hydrogens is 495 g/mol. The fraction of sp³-hybridized carbons (Fsp3) is 0.0741. The topological polar surface area (TPSA) is 112 Å². The molecule has 3 aromatic heterocycles. The number of nitrogen functional groups attached to an aromatic ring is 1. The van der Waals surface area contributed by atoms with Crippen LogP contribution in [0.25, 0.3) is 16.6 Å². The van der Waals surface area contributed by atoms with Crippen molar-refractivity contribution in [2.45, 2.75) is 13.0 Å². The Morgan fingerprint density at radius 2 is 1.71 bits per heavy atom. The average molecular weight is 513 g/mol. The first kappa shape index (κ1) is 24.5. The molecule has 38 heavy (non-hydrogen) atoms.